The van der Waals surface area contributed by atoms with Crippen LogP contribution < -0.4 is 15.3 Å². The van der Waals surface area contributed by atoms with Crippen LogP contribution >= 0.6 is 7.75 Å². The molecule has 3 heterocycles. The Hall–Kier alpha value is -3.05. The number of nitrogens with one attached hydrogen (secondary N) is 1. The van der Waals surface area contributed by atoms with E-state index >= 15 is 0 Å². The number of aromatic nitrogens is 3. The van der Waals surface area contributed by atoms with E-state index in [0.29, 0.717) is 17.8 Å². The van der Waals surface area contributed by atoms with Crippen molar-refractivity contribution in [2.24, 2.45) is 5.92 Å². The zero-order valence-corrected chi connectivity index (χ0v) is 21.2. The van der Waals surface area contributed by atoms with Crippen molar-refractivity contribution in [1.29, 1.82) is 0 Å². The summed E-state index contributed by atoms with van der Waals surface area (Å²) in [6, 6.07) is 7.49. The van der Waals surface area contributed by atoms with Crippen LogP contribution in [-0.2, 0) is 23.4 Å². The van der Waals surface area contributed by atoms with E-state index in [2.05, 4.69) is 15.1 Å². The van der Waals surface area contributed by atoms with Crippen LogP contribution in [0.15, 0.2) is 42.9 Å². The molecule has 2 aromatic heterocycles. The Labute approximate surface area is 207 Å². The highest BCUT2D eigenvalue weighted by Gasteiger charge is 2.42. The van der Waals surface area contributed by atoms with Gasteiger partial charge in [-0.2, -0.15) is 5.09 Å². The quantitative estimate of drug-likeness (QED) is 0.315. The summed E-state index contributed by atoms with van der Waals surface area (Å²) >= 11 is 0. The molecule has 1 aliphatic heterocycles. The first kappa shape index (κ1) is 26.0. The highest BCUT2D eigenvalue weighted by atomic mass is 31.2. The number of hydrogen-bond acceptors (Lipinski definition) is 9. The van der Waals surface area contributed by atoms with Gasteiger partial charge in [-0.05, 0) is 32.4 Å². The Morgan fingerprint density at radius 2 is 2.03 bits per heavy atom. The molecule has 0 saturated carbocycles. The predicted octanol–water partition coefficient (Wildman–Crippen LogP) is 3.82. The summed E-state index contributed by atoms with van der Waals surface area (Å²) in [5.74, 6) is -0.906. The lowest BCUT2D eigenvalue weighted by Gasteiger charge is -2.28. The number of nitrogens with two attached hydrogens (primary N) is 1. The van der Waals surface area contributed by atoms with Crippen molar-refractivity contribution in [2.75, 3.05) is 12.8 Å². The van der Waals surface area contributed by atoms with Crippen molar-refractivity contribution in [3.05, 3.63) is 48.7 Å². The second kappa shape index (κ2) is 10.5. The summed E-state index contributed by atoms with van der Waals surface area (Å²) in [5.41, 5.74) is 6.15. The van der Waals surface area contributed by atoms with Crippen LogP contribution in [0.25, 0.3) is 11.0 Å². The molecule has 0 radical (unpaired) electrons. The molecule has 11 nitrogen and oxygen atoms in total. The Balaban J connectivity index is 1.54. The minimum atomic E-state index is -4.06. The molecule has 36 heavy (non-hydrogen) atoms. The molecule has 0 bridgehead atoms. The van der Waals surface area contributed by atoms with E-state index in [0.717, 1.165) is 0 Å². The molecule has 5 unspecified atom stereocenters. The Morgan fingerprint density at radius 3 is 2.72 bits per heavy atom. The molecule has 1 saturated heterocycles. The van der Waals surface area contributed by atoms with Gasteiger partial charge in [-0.15, -0.1) is 0 Å². The SMILES string of the molecule is COC(=O)[C@H](C)NP(=O)(Oc1ccccc1)OC(C)C1CC(C)C(n2cc(F)c3c(N)ncnc32)O1. The van der Waals surface area contributed by atoms with Gasteiger partial charge >= 0.3 is 13.7 Å². The summed E-state index contributed by atoms with van der Waals surface area (Å²) in [6.07, 6.45) is 1.25. The highest BCUT2D eigenvalue weighted by Crippen LogP contribution is 2.48. The van der Waals surface area contributed by atoms with Crippen molar-refractivity contribution in [2.45, 2.75) is 51.7 Å². The molecule has 1 aromatic carbocycles. The van der Waals surface area contributed by atoms with E-state index < -0.39 is 44.0 Å². The maximum Gasteiger partial charge on any atom is 0.459 e. The fourth-order valence-electron chi connectivity index (χ4n) is 4.20. The van der Waals surface area contributed by atoms with Crippen LogP contribution in [0.5, 0.6) is 5.75 Å². The first-order chi connectivity index (χ1) is 17.1. The Morgan fingerprint density at radius 1 is 1.31 bits per heavy atom. The summed E-state index contributed by atoms with van der Waals surface area (Å²) in [6.45, 7) is 5.13. The molecule has 0 spiro atoms. The first-order valence-electron chi connectivity index (χ1n) is 11.4. The van der Waals surface area contributed by atoms with E-state index in [1.165, 1.54) is 26.6 Å². The number of benzene rings is 1. The lowest BCUT2D eigenvalue weighted by Crippen LogP contribution is -2.36. The normalized spacial score (nSPS) is 23.2. The number of nitrogen functional groups attached to an aromatic ring is 1. The molecule has 1 fully saturated rings. The molecule has 0 aliphatic carbocycles. The molecule has 13 heteroatoms. The number of esters is 1. The lowest BCUT2D eigenvalue weighted by molar-refractivity contribution is -0.142. The van der Waals surface area contributed by atoms with Crippen LogP contribution in [0.2, 0.25) is 0 Å². The second-order valence-electron chi connectivity index (χ2n) is 8.71. The molecular weight excluding hydrogens is 492 g/mol. The van der Waals surface area contributed by atoms with Crippen LogP contribution in [-0.4, -0.2) is 45.9 Å². The smallest absolute Gasteiger partial charge is 0.459 e. The number of halogens is 1. The van der Waals surface area contributed by atoms with Crippen molar-refractivity contribution >= 4 is 30.6 Å². The van der Waals surface area contributed by atoms with E-state index in [1.807, 2.05) is 6.92 Å². The number of para-hydroxylation sites is 1. The summed E-state index contributed by atoms with van der Waals surface area (Å²) < 4.78 is 52.4. The Bertz CT molecular complexity index is 1270. The first-order valence-corrected chi connectivity index (χ1v) is 13.0. The Kier molecular flexibility index (Phi) is 7.60. The van der Waals surface area contributed by atoms with Crippen LogP contribution in [0.1, 0.15) is 33.4 Å². The van der Waals surface area contributed by atoms with Crippen molar-refractivity contribution in [1.82, 2.24) is 19.6 Å². The molecule has 4 rings (SSSR count). The zero-order valence-electron chi connectivity index (χ0n) is 20.3. The number of ether oxygens (including phenoxy) is 2. The van der Waals surface area contributed by atoms with E-state index in [4.69, 9.17) is 24.3 Å². The number of carbonyl (C=O) groups excluding carboxylic acids is 1. The molecule has 1 aliphatic rings. The van der Waals surface area contributed by atoms with Gasteiger partial charge in [0.25, 0.3) is 0 Å². The minimum absolute atomic E-state index is 0.0416. The standard InChI is InChI=1S/C23H29FN5O6P/c1-13-10-18(33-22(13)29-11-17(24)19-20(25)26-12-27-21(19)29)15(3)34-36(31,28-14(2)23(30)32-4)35-16-8-6-5-7-9-16/h5-9,11-15,18,22H,10H2,1-4H3,(H,28,31)(H2,25,26,27)/t13?,14-,15?,18?,22?,36?/m0/s1. The maximum atomic E-state index is 14.6. The highest BCUT2D eigenvalue weighted by molar-refractivity contribution is 7.52. The van der Waals surface area contributed by atoms with E-state index in [1.54, 1.807) is 41.8 Å². The topological polar surface area (TPSA) is 140 Å². The van der Waals surface area contributed by atoms with E-state index in [9.17, 15) is 13.8 Å². The number of methoxy groups -OCH3 is 1. The third kappa shape index (κ3) is 5.36. The fraction of sp³-hybridized carbons (Fsp3) is 0.435. The third-order valence-electron chi connectivity index (χ3n) is 5.98. The predicted molar refractivity (Wildman–Crippen MR) is 129 cm³/mol. The number of rotatable bonds is 9. The summed E-state index contributed by atoms with van der Waals surface area (Å²) in [7, 11) is -2.83. The van der Waals surface area contributed by atoms with Gasteiger partial charge in [0.15, 0.2) is 11.5 Å². The number of anilines is 1. The minimum Gasteiger partial charge on any atom is -0.468 e. The lowest BCUT2D eigenvalue weighted by atomic mass is 10.0. The third-order valence-corrected chi connectivity index (χ3v) is 7.74. The van der Waals surface area contributed by atoms with Gasteiger partial charge < -0.3 is 24.3 Å². The van der Waals surface area contributed by atoms with Gasteiger partial charge in [0, 0.05) is 12.1 Å². The molecular formula is C23H29FN5O6P. The van der Waals surface area contributed by atoms with Crippen molar-refractivity contribution in [3.8, 4) is 5.75 Å². The average molecular weight is 521 g/mol. The number of hydrogen-bond donors (Lipinski definition) is 2. The number of nitrogens with zero attached hydrogens (tertiary/aromatic N) is 3. The van der Waals surface area contributed by atoms with Crippen LogP contribution in [0, 0.1) is 11.7 Å². The molecule has 3 N–H and O–H groups in total. The van der Waals surface area contributed by atoms with Crippen molar-refractivity contribution in [3.63, 3.8) is 0 Å². The van der Waals surface area contributed by atoms with Gasteiger partial charge in [0.1, 0.15) is 30.2 Å². The maximum absolute atomic E-state index is 14.6. The molecule has 3 aromatic rings. The van der Waals surface area contributed by atoms with Gasteiger partial charge in [-0.25, -0.2) is 18.9 Å². The van der Waals surface area contributed by atoms with Gasteiger partial charge in [0.2, 0.25) is 0 Å². The van der Waals surface area contributed by atoms with E-state index in [-0.39, 0.29) is 17.1 Å². The zero-order chi connectivity index (χ0) is 26.0. The van der Waals surface area contributed by atoms with Gasteiger partial charge in [-0.3, -0.25) is 9.32 Å². The summed E-state index contributed by atoms with van der Waals surface area (Å²) in [4.78, 5) is 20.0. The summed E-state index contributed by atoms with van der Waals surface area (Å²) in [5, 5.41) is 2.76. The molecule has 0 amide bonds. The second-order valence-corrected chi connectivity index (χ2v) is 10.4. The van der Waals surface area contributed by atoms with Crippen LogP contribution in [0.3, 0.4) is 0 Å². The number of carbonyl (C=O) groups is 1. The number of fused-ring (bicyclic) bond motifs is 1. The fourth-order valence-corrected chi connectivity index (χ4v) is 5.91. The monoisotopic (exact) mass is 521 g/mol. The molecule has 194 valence electrons. The van der Waals surface area contributed by atoms with Gasteiger partial charge in [-0.1, -0.05) is 25.1 Å². The van der Waals surface area contributed by atoms with Crippen molar-refractivity contribution < 1.29 is 32.3 Å². The van der Waals surface area contributed by atoms with Crippen LogP contribution in [0.4, 0.5) is 10.2 Å². The molecule has 6 atom stereocenters. The largest absolute Gasteiger partial charge is 0.468 e. The average Bonchev–Trinajstić information content (AvgIpc) is 3.39. The van der Waals surface area contributed by atoms with Gasteiger partial charge in [0.05, 0.1) is 24.7 Å².